The maximum atomic E-state index is 11.2. The molecule has 2 nitrogen and oxygen atoms in total. The van der Waals surface area contributed by atoms with Gasteiger partial charge in [0.1, 0.15) is 0 Å². The molecule has 0 saturated carbocycles. The lowest BCUT2D eigenvalue weighted by Gasteiger charge is -2.18. The summed E-state index contributed by atoms with van der Waals surface area (Å²) in [6.45, 7) is 7.11. The Morgan fingerprint density at radius 2 is 1.30 bits per heavy atom. The predicted octanol–water partition coefficient (Wildman–Crippen LogP) is 0.890. The van der Waals surface area contributed by atoms with E-state index in [0.717, 1.165) is 0 Å². The van der Waals surface area contributed by atoms with Crippen LogP contribution < -0.4 is 0 Å². The van der Waals surface area contributed by atoms with E-state index in [9.17, 15) is 9.46 Å². The predicted molar refractivity (Wildman–Crippen MR) is 50.0 cm³/mol. The molecule has 0 aromatic heterocycles. The van der Waals surface area contributed by atoms with E-state index in [1.165, 1.54) is 0 Å². The first kappa shape index (κ1) is 13.3. The van der Waals surface area contributed by atoms with Crippen LogP contribution in [0.3, 0.4) is 0 Å². The van der Waals surface area contributed by atoms with Crippen molar-refractivity contribution in [3.63, 3.8) is 0 Å². The SMILES string of the molecule is CC(C)P(=O)(O)C(C)C.[AlH3]. The molecule has 0 spiro atoms. The second-order valence-electron chi connectivity index (χ2n) is 2.86. The van der Waals surface area contributed by atoms with E-state index >= 15 is 0 Å². The summed E-state index contributed by atoms with van der Waals surface area (Å²) in [5.74, 6) is 0. The lowest BCUT2D eigenvalue weighted by molar-refractivity contribution is 0.459. The standard InChI is InChI=1S/C6H15O2P.Al.3H/c1-5(2)9(7,8)6(3)4;;;;/h5-6H,1-4H3,(H,7,8);;;;. The van der Waals surface area contributed by atoms with Crippen LogP contribution in [-0.2, 0) is 4.57 Å². The van der Waals surface area contributed by atoms with Gasteiger partial charge < -0.3 is 4.89 Å². The molecule has 0 amide bonds. The van der Waals surface area contributed by atoms with Crippen LogP contribution in [0, 0.1) is 0 Å². The molecule has 4 heteroatoms. The van der Waals surface area contributed by atoms with Gasteiger partial charge in [-0.15, -0.1) is 0 Å². The smallest absolute Gasteiger partial charge is 0.205 e. The van der Waals surface area contributed by atoms with E-state index in [1.807, 2.05) is 0 Å². The van der Waals surface area contributed by atoms with Crippen molar-refractivity contribution >= 4 is 24.7 Å². The van der Waals surface area contributed by atoms with Crippen molar-refractivity contribution in [2.75, 3.05) is 0 Å². The third kappa shape index (κ3) is 3.21. The third-order valence-electron chi connectivity index (χ3n) is 1.48. The summed E-state index contributed by atoms with van der Waals surface area (Å²) in [5, 5.41) is 0. The molecule has 0 aromatic rings. The molecule has 0 saturated heterocycles. The Morgan fingerprint density at radius 3 is 1.30 bits per heavy atom. The normalized spacial score (nSPS) is 11.9. The topological polar surface area (TPSA) is 37.3 Å². The number of hydrogen-bond acceptors (Lipinski definition) is 1. The van der Waals surface area contributed by atoms with Crippen LogP contribution in [0.15, 0.2) is 0 Å². The van der Waals surface area contributed by atoms with Gasteiger partial charge in [0, 0.05) is 11.3 Å². The quantitative estimate of drug-likeness (QED) is 0.506. The van der Waals surface area contributed by atoms with Crippen molar-refractivity contribution in [3.8, 4) is 0 Å². The first-order valence-corrected chi connectivity index (χ1v) is 5.01. The molecule has 0 heterocycles. The molecule has 10 heavy (non-hydrogen) atoms. The van der Waals surface area contributed by atoms with Crippen molar-refractivity contribution < 1.29 is 9.46 Å². The molecular formula is C6H18AlO2P. The zero-order chi connectivity index (χ0) is 7.65. The fourth-order valence-corrected chi connectivity index (χ4v) is 1.79. The Kier molecular flexibility index (Phi) is 6.09. The highest BCUT2D eigenvalue weighted by molar-refractivity contribution is 7.59. The molecule has 0 fully saturated rings. The second kappa shape index (κ2) is 4.57. The van der Waals surface area contributed by atoms with E-state index in [-0.39, 0.29) is 28.7 Å². The molecule has 0 aliphatic carbocycles. The van der Waals surface area contributed by atoms with Crippen molar-refractivity contribution in [3.05, 3.63) is 0 Å². The summed E-state index contributed by atoms with van der Waals surface area (Å²) in [7, 11) is -2.84. The van der Waals surface area contributed by atoms with E-state index in [4.69, 9.17) is 0 Å². The zero-order valence-corrected chi connectivity index (χ0v) is 7.35. The van der Waals surface area contributed by atoms with Gasteiger partial charge in [-0.05, 0) is 0 Å². The highest BCUT2D eigenvalue weighted by Gasteiger charge is 2.26. The highest BCUT2D eigenvalue weighted by atomic mass is 31.2. The minimum atomic E-state index is -2.84. The van der Waals surface area contributed by atoms with E-state index in [1.54, 1.807) is 27.7 Å². The molecular weight excluding hydrogens is 162 g/mol. The molecule has 0 rings (SSSR count). The van der Waals surface area contributed by atoms with Crippen molar-refractivity contribution in [2.45, 2.75) is 39.0 Å². The minimum absolute atomic E-state index is 0. The molecule has 0 radical (unpaired) electrons. The van der Waals surface area contributed by atoms with Gasteiger partial charge in [0.15, 0.2) is 17.4 Å². The molecule has 0 aromatic carbocycles. The minimum Gasteiger partial charge on any atom is -0.344 e. The molecule has 0 atom stereocenters. The van der Waals surface area contributed by atoms with Gasteiger partial charge in [0.2, 0.25) is 7.37 Å². The van der Waals surface area contributed by atoms with Gasteiger partial charge >= 0.3 is 0 Å². The molecule has 0 aliphatic heterocycles. The second-order valence-corrected chi connectivity index (χ2v) is 6.27. The largest absolute Gasteiger partial charge is 0.344 e. The first-order valence-electron chi connectivity index (χ1n) is 3.21. The summed E-state index contributed by atoms with van der Waals surface area (Å²) in [4.78, 5) is 9.22. The summed E-state index contributed by atoms with van der Waals surface area (Å²) in [6, 6.07) is 0. The van der Waals surface area contributed by atoms with Crippen LogP contribution in [0.25, 0.3) is 0 Å². The Balaban J connectivity index is 0. The van der Waals surface area contributed by atoms with E-state index in [0.29, 0.717) is 0 Å². The number of rotatable bonds is 2. The highest BCUT2D eigenvalue weighted by Crippen LogP contribution is 2.50. The average molecular weight is 180 g/mol. The Bertz CT molecular complexity index is 122. The van der Waals surface area contributed by atoms with Gasteiger partial charge in [-0.25, -0.2) is 0 Å². The number of hydrogen-bond donors (Lipinski definition) is 1. The van der Waals surface area contributed by atoms with Gasteiger partial charge in [-0.3, -0.25) is 4.57 Å². The molecule has 0 aliphatic rings. The van der Waals surface area contributed by atoms with Crippen LogP contribution in [-0.4, -0.2) is 33.6 Å². The summed E-state index contributed by atoms with van der Waals surface area (Å²) in [6.07, 6.45) is 0. The average Bonchev–Trinajstić information content (AvgIpc) is 1.65. The molecule has 1 N–H and O–H groups in total. The maximum Gasteiger partial charge on any atom is 0.205 e. The fraction of sp³-hybridized carbons (Fsp3) is 1.00. The van der Waals surface area contributed by atoms with Crippen LogP contribution in [0.2, 0.25) is 0 Å². The van der Waals surface area contributed by atoms with Gasteiger partial charge in [-0.1, -0.05) is 27.7 Å². The summed E-state index contributed by atoms with van der Waals surface area (Å²) < 4.78 is 11.2. The first-order chi connectivity index (χ1) is 3.89. The van der Waals surface area contributed by atoms with Crippen LogP contribution in [0.4, 0.5) is 0 Å². The fourth-order valence-electron chi connectivity index (χ4n) is 0.596. The Morgan fingerprint density at radius 1 is 1.10 bits per heavy atom. The van der Waals surface area contributed by atoms with E-state index < -0.39 is 7.37 Å². The van der Waals surface area contributed by atoms with Gasteiger partial charge in [0.25, 0.3) is 0 Å². The van der Waals surface area contributed by atoms with Crippen molar-refractivity contribution in [1.82, 2.24) is 0 Å². The molecule has 0 bridgehead atoms. The van der Waals surface area contributed by atoms with Crippen LogP contribution >= 0.6 is 7.37 Å². The monoisotopic (exact) mass is 180 g/mol. The van der Waals surface area contributed by atoms with Crippen molar-refractivity contribution in [2.24, 2.45) is 0 Å². The Labute approximate surface area is 73.6 Å². The van der Waals surface area contributed by atoms with Crippen molar-refractivity contribution in [1.29, 1.82) is 0 Å². The third-order valence-corrected chi connectivity index (χ3v) is 4.44. The lowest BCUT2D eigenvalue weighted by atomic mass is 10.5. The van der Waals surface area contributed by atoms with Gasteiger partial charge in [-0.2, -0.15) is 0 Å². The van der Waals surface area contributed by atoms with Crippen LogP contribution in [0.5, 0.6) is 0 Å². The zero-order valence-electron chi connectivity index (χ0n) is 6.46. The molecule has 62 valence electrons. The van der Waals surface area contributed by atoms with E-state index in [2.05, 4.69) is 0 Å². The molecule has 0 unspecified atom stereocenters. The Hall–Kier alpha value is 0.722. The van der Waals surface area contributed by atoms with Gasteiger partial charge in [0.05, 0.1) is 0 Å². The summed E-state index contributed by atoms with van der Waals surface area (Å²) >= 11 is 0. The van der Waals surface area contributed by atoms with Crippen LogP contribution in [0.1, 0.15) is 27.7 Å². The summed E-state index contributed by atoms with van der Waals surface area (Å²) in [5.41, 5.74) is -0.199. The maximum absolute atomic E-state index is 11.2. The lowest BCUT2D eigenvalue weighted by Crippen LogP contribution is -2.06.